The second-order valence-corrected chi connectivity index (χ2v) is 9.04. The number of amides is 1. The molecule has 1 saturated heterocycles. The van der Waals surface area contributed by atoms with Crippen molar-refractivity contribution < 1.29 is 23.9 Å². The van der Waals surface area contributed by atoms with Gasteiger partial charge in [0, 0.05) is 18.5 Å². The zero-order valence-corrected chi connectivity index (χ0v) is 22.9. The van der Waals surface area contributed by atoms with E-state index < -0.39 is 23.5 Å². The monoisotopic (exact) mass is 604 g/mol. The maximum atomic E-state index is 11.8. The fraction of sp³-hybridized carbons (Fsp3) is 0.273. The van der Waals surface area contributed by atoms with Gasteiger partial charge in [-0.25, -0.2) is 24.2 Å². The number of pyridine rings is 2. The van der Waals surface area contributed by atoms with Gasteiger partial charge in [-0.15, -0.1) is 0 Å². The largest absolute Gasteiger partial charge is 0.464 e. The number of aromatic amines is 1. The first kappa shape index (κ1) is 29.2. The molecule has 2 N–H and O–H groups in total. The Kier molecular flexibility index (Phi) is 9.97. The zero-order chi connectivity index (χ0) is 28.0. The molecule has 1 atom stereocenters. The molecule has 4 rings (SSSR count). The predicted molar refractivity (Wildman–Crippen MR) is 140 cm³/mol. The number of hydrazine groups is 1. The third-order valence-electron chi connectivity index (χ3n) is 4.73. The number of halogens is 4. The van der Waals surface area contributed by atoms with E-state index in [0.717, 1.165) is 6.07 Å². The van der Waals surface area contributed by atoms with Crippen LogP contribution in [0.25, 0.3) is 5.82 Å². The first-order valence-corrected chi connectivity index (χ1v) is 12.4. The van der Waals surface area contributed by atoms with E-state index in [1.54, 1.807) is 13.8 Å². The van der Waals surface area contributed by atoms with E-state index >= 15 is 0 Å². The molecule has 1 aliphatic rings. The second kappa shape index (κ2) is 13.0. The van der Waals surface area contributed by atoms with Crippen molar-refractivity contribution >= 4 is 70.1 Å². The number of carbonyl (C=O) groups is 3. The summed E-state index contributed by atoms with van der Waals surface area (Å²) in [7, 11) is 0. The molecule has 1 unspecified atom stereocenters. The maximum absolute atomic E-state index is 11.8. The molecule has 3 aromatic rings. The summed E-state index contributed by atoms with van der Waals surface area (Å²) in [5.41, 5.74) is 2.08. The summed E-state index contributed by atoms with van der Waals surface area (Å²) in [6.45, 7) is 3.79. The Balaban J connectivity index is 0.000000211. The van der Waals surface area contributed by atoms with Crippen LogP contribution in [-0.2, 0) is 19.1 Å². The second-order valence-electron chi connectivity index (χ2n) is 7.36. The number of rotatable bonds is 6. The van der Waals surface area contributed by atoms with Gasteiger partial charge in [-0.1, -0.05) is 46.4 Å². The third-order valence-corrected chi connectivity index (χ3v) is 5.70. The Morgan fingerprint density at radius 1 is 0.947 bits per heavy atom. The van der Waals surface area contributed by atoms with E-state index in [1.807, 2.05) is 0 Å². The van der Waals surface area contributed by atoms with Crippen molar-refractivity contribution in [2.24, 2.45) is 0 Å². The molecular formula is C22H20Cl4N6O6. The Morgan fingerprint density at radius 2 is 1.53 bits per heavy atom. The SMILES string of the molecule is CCOC(=O)C1CC(=O)NN1c1ncc(Cl)cc1Cl.CCOC(=O)c1cc(=O)[nH]n1-c1ncc(Cl)cc1Cl. The van der Waals surface area contributed by atoms with Crippen LogP contribution in [0.5, 0.6) is 0 Å². The van der Waals surface area contributed by atoms with Crippen LogP contribution in [0.3, 0.4) is 0 Å². The number of esters is 2. The first-order chi connectivity index (χ1) is 18.0. The lowest BCUT2D eigenvalue weighted by Gasteiger charge is -2.23. The van der Waals surface area contributed by atoms with Gasteiger partial charge in [0.15, 0.2) is 23.4 Å². The summed E-state index contributed by atoms with van der Waals surface area (Å²) in [6, 6.07) is 3.28. The summed E-state index contributed by atoms with van der Waals surface area (Å²) in [5, 5.41) is 4.89. The minimum atomic E-state index is -0.779. The van der Waals surface area contributed by atoms with E-state index in [2.05, 4.69) is 20.5 Å². The van der Waals surface area contributed by atoms with Crippen molar-refractivity contribution in [1.29, 1.82) is 0 Å². The van der Waals surface area contributed by atoms with Crippen LogP contribution in [0.2, 0.25) is 20.1 Å². The molecule has 3 aromatic heterocycles. The van der Waals surface area contributed by atoms with Crippen molar-refractivity contribution in [3.05, 3.63) is 66.7 Å². The fourth-order valence-electron chi connectivity index (χ4n) is 3.22. The molecule has 0 saturated carbocycles. The molecule has 38 heavy (non-hydrogen) atoms. The quantitative estimate of drug-likeness (QED) is 0.402. The lowest BCUT2D eigenvalue weighted by Crippen LogP contribution is -2.43. The van der Waals surface area contributed by atoms with Crippen LogP contribution in [0.15, 0.2) is 35.4 Å². The van der Waals surface area contributed by atoms with Gasteiger partial charge in [-0.05, 0) is 26.0 Å². The highest BCUT2D eigenvalue weighted by Crippen LogP contribution is 2.29. The highest BCUT2D eigenvalue weighted by atomic mass is 35.5. The number of aromatic nitrogens is 4. The van der Waals surface area contributed by atoms with Gasteiger partial charge in [-0.3, -0.25) is 25.1 Å². The molecule has 0 aromatic carbocycles. The maximum Gasteiger partial charge on any atom is 0.357 e. The first-order valence-electron chi connectivity index (χ1n) is 10.9. The molecule has 1 amide bonds. The number of hydrogen-bond donors (Lipinski definition) is 2. The number of nitrogens with zero attached hydrogens (tertiary/aromatic N) is 4. The van der Waals surface area contributed by atoms with E-state index in [9.17, 15) is 19.2 Å². The fourth-order valence-corrected chi connectivity index (χ4v) is 4.16. The van der Waals surface area contributed by atoms with Crippen LogP contribution in [-0.4, -0.2) is 56.8 Å². The van der Waals surface area contributed by atoms with E-state index in [4.69, 9.17) is 55.9 Å². The number of ether oxygens (including phenoxy) is 2. The average molecular weight is 606 g/mol. The zero-order valence-electron chi connectivity index (χ0n) is 19.8. The summed E-state index contributed by atoms with van der Waals surface area (Å²) < 4.78 is 10.9. The predicted octanol–water partition coefficient (Wildman–Crippen LogP) is 3.61. The molecule has 4 heterocycles. The molecule has 0 bridgehead atoms. The van der Waals surface area contributed by atoms with Crippen molar-refractivity contribution in [2.75, 3.05) is 18.2 Å². The van der Waals surface area contributed by atoms with Crippen LogP contribution in [0, 0.1) is 0 Å². The third kappa shape index (κ3) is 6.95. The van der Waals surface area contributed by atoms with Crippen molar-refractivity contribution in [1.82, 2.24) is 25.2 Å². The highest BCUT2D eigenvalue weighted by Gasteiger charge is 2.38. The number of H-pyrrole nitrogens is 1. The molecule has 1 fully saturated rings. The van der Waals surface area contributed by atoms with Crippen LogP contribution < -0.4 is 16.0 Å². The molecule has 0 spiro atoms. The van der Waals surface area contributed by atoms with Gasteiger partial charge in [0.05, 0.1) is 39.7 Å². The molecule has 1 aliphatic heterocycles. The van der Waals surface area contributed by atoms with E-state index in [0.29, 0.717) is 10.0 Å². The molecule has 16 heteroatoms. The number of nitrogens with one attached hydrogen (secondary N) is 2. The van der Waals surface area contributed by atoms with Gasteiger partial charge < -0.3 is 9.47 Å². The minimum absolute atomic E-state index is 0.000527. The minimum Gasteiger partial charge on any atom is -0.464 e. The van der Waals surface area contributed by atoms with Crippen LogP contribution in [0.1, 0.15) is 30.8 Å². The summed E-state index contributed by atoms with van der Waals surface area (Å²) in [4.78, 5) is 54.4. The number of carbonyl (C=O) groups excluding carboxylic acids is 3. The van der Waals surface area contributed by atoms with Gasteiger partial charge in [0.2, 0.25) is 5.91 Å². The van der Waals surface area contributed by atoms with Gasteiger partial charge in [0.25, 0.3) is 5.56 Å². The summed E-state index contributed by atoms with van der Waals surface area (Å²) in [5.74, 6) is -1.00. The Bertz CT molecular complexity index is 1410. The Morgan fingerprint density at radius 3 is 2.08 bits per heavy atom. The van der Waals surface area contributed by atoms with Gasteiger partial charge in [-0.2, -0.15) is 0 Å². The van der Waals surface area contributed by atoms with Crippen molar-refractivity contribution in [3.63, 3.8) is 0 Å². The number of anilines is 1. The summed E-state index contributed by atoms with van der Waals surface area (Å²) >= 11 is 23.5. The Hall–Kier alpha value is -3.32. The highest BCUT2D eigenvalue weighted by molar-refractivity contribution is 6.36. The van der Waals surface area contributed by atoms with Crippen LogP contribution >= 0.6 is 46.4 Å². The normalized spacial score (nSPS) is 14.4. The molecule has 0 aliphatic carbocycles. The van der Waals surface area contributed by atoms with Gasteiger partial charge >= 0.3 is 11.9 Å². The average Bonchev–Trinajstić information content (AvgIpc) is 3.42. The molecule has 202 valence electrons. The summed E-state index contributed by atoms with van der Waals surface area (Å²) in [6.07, 6.45) is 2.74. The van der Waals surface area contributed by atoms with Gasteiger partial charge in [0.1, 0.15) is 0 Å². The number of hydrogen-bond acceptors (Lipinski definition) is 9. The lowest BCUT2D eigenvalue weighted by molar-refractivity contribution is -0.144. The van der Waals surface area contributed by atoms with Crippen molar-refractivity contribution in [2.45, 2.75) is 26.3 Å². The Labute approximate surface area is 235 Å². The smallest absolute Gasteiger partial charge is 0.357 e. The molecular weight excluding hydrogens is 586 g/mol. The molecule has 0 radical (unpaired) electrons. The lowest BCUT2D eigenvalue weighted by atomic mass is 10.2. The van der Waals surface area contributed by atoms with Crippen molar-refractivity contribution in [3.8, 4) is 5.82 Å². The molecule has 12 nitrogen and oxygen atoms in total. The topological polar surface area (TPSA) is 149 Å². The standard InChI is InChI=1S/C11H11Cl2N3O3.C11H9Cl2N3O3/c2*1-2-19-11(18)8-4-9(17)15-16(8)10-7(13)3-6(12)5-14-10/h3,5,8H,2,4H2,1H3,(H,15,17);3-5H,2H2,1H3,(H,15,17). The van der Waals surface area contributed by atoms with Crippen LogP contribution in [0.4, 0.5) is 5.82 Å². The van der Waals surface area contributed by atoms with E-state index in [-0.39, 0.29) is 52.9 Å². The van der Waals surface area contributed by atoms with E-state index in [1.165, 1.54) is 34.2 Å².